The van der Waals surface area contributed by atoms with Crippen molar-refractivity contribution >= 4 is 23.5 Å². The minimum atomic E-state index is -0.608. The van der Waals surface area contributed by atoms with E-state index in [4.69, 9.17) is 0 Å². The fraction of sp³-hybridized carbons (Fsp3) is 0.438. The number of amides is 4. The lowest BCUT2D eigenvalue weighted by molar-refractivity contribution is -0.120. The SMILES string of the molecule is O=C(CC[C@@H]1NC(=O)NC1=O)Nc1cccc2c1CCCC2. The molecule has 3 rings (SSSR count). The van der Waals surface area contributed by atoms with Crippen LogP contribution in [-0.2, 0) is 22.4 Å². The quantitative estimate of drug-likeness (QED) is 0.736. The molecule has 1 heterocycles. The van der Waals surface area contributed by atoms with Gasteiger partial charge in [0, 0.05) is 12.1 Å². The van der Waals surface area contributed by atoms with E-state index < -0.39 is 12.1 Å². The summed E-state index contributed by atoms with van der Waals surface area (Å²) in [6.45, 7) is 0. The molecule has 1 atom stereocenters. The number of hydrogen-bond acceptors (Lipinski definition) is 3. The van der Waals surface area contributed by atoms with Crippen LogP contribution in [0.1, 0.15) is 36.8 Å². The van der Waals surface area contributed by atoms with Gasteiger partial charge in [-0.2, -0.15) is 0 Å². The van der Waals surface area contributed by atoms with Crippen molar-refractivity contribution in [3.63, 3.8) is 0 Å². The first kappa shape index (κ1) is 14.6. The van der Waals surface area contributed by atoms with Crippen molar-refractivity contribution in [2.24, 2.45) is 0 Å². The summed E-state index contributed by atoms with van der Waals surface area (Å²) in [5.74, 6) is -0.497. The van der Waals surface area contributed by atoms with Crippen molar-refractivity contribution in [3.8, 4) is 0 Å². The molecular weight excluding hydrogens is 282 g/mol. The van der Waals surface area contributed by atoms with Gasteiger partial charge in [-0.15, -0.1) is 0 Å². The molecule has 22 heavy (non-hydrogen) atoms. The van der Waals surface area contributed by atoms with Crippen LogP contribution in [0.3, 0.4) is 0 Å². The molecule has 1 saturated heterocycles. The summed E-state index contributed by atoms with van der Waals surface area (Å²) in [7, 11) is 0. The van der Waals surface area contributed by atoms with E-state index in [9.17, 15) is 14.4 Å². The second kappa shape index (κ2) is 6.17. The molecule has 2 aliphatic rings. The molecule has 1 fully saturated rings. The first-order valence-corrected chi connectivity index (χ1v) is 7.65. The monoisotopic (exact) mass is 301 g/mol. The molecule has 0 aromatic heterocycles. The maximum atomic E-state index is 12.1. The number of rotatable bonds is 4. The van der Waals surface area contributed by atoms with Crippen molar-refractivity contribution in [3.05, 3.63) is 29.3 Å². The molecule has 3 N–H and O–H groups in total. The van der Waals surface area contributed by atoms with Gasteiger partial charge in [-0.3, -0.25) is 14.9 Å². The Bertz CT molecular complexity index is 627. The average Bonchev–Trinajstić information content (AvgIpc) is 2.83. The number of fused-ring (bicyclic) bond motifs is 1. The summed E-state index contributed by atoms with van der Waals surface area (Å²) in [5, 5.41) is 7.59. The first-order chi connectivity index (χ1) is 10.6. The zero-order valence-electron chi connectivity index (χ0n) is 12.3. The van der Waals surface area contributed by atoms with Crippen LogP contribution in [0.5, 0.6) is 0 Å². The number of anilines is 1. The van der Waals surface area contributed by atoms with Gasteiger partial charge in [-0.1, -0.05) is 12.1 Å². The Labute approximate surface area is 128 Å². The Morgan fingerprint density at radius 3 is 2.82 bits per heavy atom. The predicted octanol–water partition coefficient (Wildman–Crippen LogP) is 1.49. The number of hydrogen-bond donors (Lipinski definition) is 3. The van der Waals surface area contributed by atoms with E-state index in [1.54, 1.807) is 0 Å². The Hall–Kier alpha value is -2.37. The van der Waals surface area contributed by atoms with Gasteiger partial charge in [0.15, 0.2) is 0 Å². The fourth-order valence-corrected chi connectivity index (χ4v) is 3.05. The number of nitrogens with one attached hydrogen (secondary N) is 3. The van der Waals surface area contributed by atoms with Crippen LogP contribution in [0, 0.1) is 0 Å². The number of aryl methyl sites for hydroxylation is 1. The Balaban J connectivity index is 1.58. The highest BCUT2D eigenvalue weighted by Gasteiger charge is 2.29. The summed E-state index contributed by atoms with van der Waals surface area (Å²) in [6, 6.07) is 4.90. The zero-order valence-corrected chi connectivity index (χ0v) is 12.3. The highest BCUT2D eigenvalue weighted by molar-refractivity contribution is 6.04. The molecule has 0 spiro atoms. The van der Waals surface area contributed by atoms with Gasteiger partial charge >= 0.3 is 6.03 Å². The van der Waals surface area contributed by atoms with Crippen LogP contribution in [0.25, 0.3) is 0 Å². The topological polar surface area (TPSA) is 87.3 Å². The number of benzene rings is 1. The zero-order chi connectivity index (χ0) is 15.5. The average molecular weight is 301 g/mol. The summed E-state index contributed by atoms with van der Waals surface area (Å²) < 4.78 is 0. The lowest BCUT2D eigenvalue weighted by Gasteiger charge is -2.19. The third kappa shape index (κ3) is 3.10. The summed E-state index contributed by atoms with van der Waals surface area (Å²) in [5.41, 5.74) is 3.42. The molecule has 1 aliphatic heterocycles. The van der Waals surface area contributed by atoms with Crippen molar-refractivity contribution in [1.29, 1.82) is 0 Å². The predicted molar refractivity (Wildman–Crippen MR) is 81.4 cm³/mol. The van der Waals surface area contributed by atoms with Gasteiger partial charge in [0.05, 0.1) is 0 Å². The number of carbonyl (C=O) groups excluding carboxylic acids is 3. The lowest BCUT2D eigenvalue weighted by atomic mass is 9.90. The van der Waals surface area contributed by atoms with Crippen LogP contribution < -0.4 is 16.0 Å². The van der Waals surface area contributed by atoms with Crippen LogP contribution in [0.2, 0.25) is 0 Å². The standard InChI is InChI=1S/C16H19N3O3/c20-14(9-8-13-15(21)19-16(22)18-13)17-12-7-3-5-10-4-1-2-6-11(10)12/h3,5,7,13H,1-2,4,6,8-9H2,(H,17,20)(H2,18,19,21,22)/t13-/m0/s1. The third-order valence-electron chi connectivity index (χ3n) is 4.19. The molecule has 0 saturated carbocycles. The molecule has 116 valence electrons. The van der Waals surface area contributed by atoms with Crippen LogP contribution >= 0.6 is 0 Å². The molecule has 1 aromatic carbocycles. The smallest absolute Gasteiger partial charge is 0.322 e. The van der Waals surface area contributed by atoms with E-state index in [1.807, 2.05) is 12.1 Å². The first-order valence-electron chi connectivity index (χ1n) is 7.65. The van der Waals surface area contributed by atoms with E-state index in [-0.39, 0.29) is 18.2 Å². The van der Waals surface area contributed by atoms with Gasteiger partial charge in [0.25, 0.3) is 5.91 Å². The van der Waals surface area contributed by atoms with Gasteiger partial charge in [0.2, 0.25) is 5.91 Å². The van der Waals surface area contributed by atoms with E-state index >= 15 is 0 Å². The molecule has 4 amide bonds. The van der Waals surface area contributed by atoms with Crippen molar-refractivity contribution < 1.29 is 14.4 Å². The lowest BCUT2D eigenvalue weighted by Crippen LogP contribution is -2.30. The third-order valence-corrected chi connectivity index (χ3v) is 4.19. The maximum absolute atomic E-state index is 12.1. The van der Waals surface area contributed by atoms with E-state index in [0.717, 1.165) is 24.9 Å². The van der Waals surface area contributed by atoms with Gasteiger partial charge < -0.3 is 10.6 Å². The van der Waals surface area contributed by atoms with Crippen molar-refractivity contribution in [1.82, 2.24) is 10.6 Å². The number of urea groups is 1. The van der Waals surface area contributed by atoms with Crippen LogP contribution in [0.15, 0.2) is 18.2 Å². The number of carbonyl (C=O) groups is 3. The molecule has 0 radical (unpaired) electrons. The normalized spacial score (nSPS) is 20.1. The Kier molecular flexibility index (Phi) is 4.09. The molecule has 6 nitrogen and oxygen atoms in total. The molecule has 1 aliphatic carbocycles. The number of imide groups is 1. The van der Waals surface area contributed by atoms with Gasteiger partial charge in [-0.25, -0.2) is 4.79 Å². The summed E-state index contributed by atoms with van der Waals surface area (Å²) >= 11 is 0. The Morgan fingerprint density at radius 2 is 2.05 bits per heavy atom. The van der Waals surface area contributed by atoms with Crippen molar-refractivity contribution in [2.75, 3.05) is 5.32 Å². The molecule has 6 heteroatoms. The second-order valence-corrected chi connectivity index (χ2v) is 5.75. The molecular formula is C16H19N3O3. The van der Waals surface area contributed by atoms with Gasteiger partial charge in [0.1, 0.15) is 6.04 Å². The minimum absolute atomic E-state index is 0.132. The largest absolute Gasteiger partial charge is 0.326 e. The molecule has 1 aromatic rings. The molecule has 0 unspecified atom stereocenters. The summed E-state index contributed by atoms with van der Waals surface area (Å²) in [6.07, 6.45) is 4.90. The molecule has 0 bridgehead atoms. The fourth-order valence-electron chi connectivity index (χ4n) is 3.05. The summed E-state index contributed by atoms with van der Waals surface area (Å²) in [4.78, 5) is 34.5. The van der Waals surface area contributed by atoms with Gasteiger partial charge in [-0.05, 0) is 49.3 Å². The van der Waals surface area contributed by atoms with E-state index in [1.165, 1.54) is 17.5 Å². The van der Waals surface area contributed by atoms with E-state index in [2.05, 4.69) is 22.0 Å². The Morgan fingerprint density at radius 1 is 1.23 bits per heavy atom. The second-order valence-electron chi connectivity index (χ2n) is 5.75. The van der Waals surface area contributed by atoms with E-state index in [0.29, 0.717) is 6.42 Å². The highest BCUT2D eigenvalue weighted by atomic mass is 16.2. The van der Waals surface area contributed by atoms with Crippen LogP contribution in [0.4, 0.5) is 10.5 Å². The maximum Gasteiger partial charge on any atom is 0.322 e. The minimum Gasteiger partial charge on any atom is -0.326 e. The van der Waals surface area contributed by atoms with Crippen molar-refractivity contribution in [2.45, 2.75) is 44.6 Å². The highest BCUT2D eigenvalue weighted by Crippen LogP contribution is 2.27. The van der Waals surface area contributed by atoms with Crippen LogP contribution in [-0.4, -0.2) is 23.9 Å².